The van der Waals surface area contributed by atoms with Gasteiger partial charge in [-0.3, -0.25) is 14.6 Å². The van der Waals surface area contributed by atoms with Crippen molar-refractivity contribution < 1.29 is 9.63 Å². The van der Waals surface area contributed by atoms with Crippen LogP contribution in [0.2, 0.25) is 0 Å². The Kier molecular flexibility index (Phi) is 3.51. The van der Waals surface area contributed by atoms with Crippen LogP contribution in [0.25, 0.3) is 0 Å². The van der Waals surface area contributed by atoms with E-state index in [0.29, 0.717) is 5.56 Å². The molecule has 1 N–H and O–H groups in total. The Labute approximate surface area is 95.0 Å². The molecule has 4 heteroatoms. The van der Waals surface area contributed by atoms with Gasteiger partial charge in [-0.05, 0) is 31.4 Å². The van der Waals surface area contributed by atoms with E-state index in [1.54, 1.807) is 18.5 Å². The second kappa shape index (κ2) is 5.07. The second-order valence-corrected chi connectivity index (χ2v) is 4.21. The summed E-state index contributed by atoms with van der Waals surface area (Å²) >= 11 is 0. The van der Waals surface area contributed by atoms with Gasteiger partial charge in [0.25, 0.3) is 5.91 Å². The summed E-state index contributed by atoms with van der Waals surface area (Å²) < 4.78 is 0. The van der Waals surface area contributed by atoms with E-state index in [9.17, 15) is 4.79 Å². The SMILES string of the molecule is Cc1cncc(C(=O)NOC2CCCC2)c1. The molecule has 86 valence electrons. The number of nitrogens with one attached hydrogen (secondary N) is 1. The molecular weight excluding hydrogens is 204 g/mol. The predicted octanol–water partition coefficient (Wildman–Crippen LogP) is 1.99. The van der Waals surface area contributed by atoms with Crippen LogP contribution in [0, 0.1) is 6.92 Å². The van der Waals surface area contributed by atoms with Gasteiger partial charge in [-0.2, -0.15) is 0 Å². The third kappa shape index (κ3) is 2.79. The minimum atomic E-state index is -0.219. The highest BCUT2D eigenvalue weighted by atomic mass is 16.7. The zero-order chi connectivity index (χ0) is 11.4. The normalized spacial score (nSPS) is 16.3. The number of hydroxylamine groups is 1. The van der Waals surface area contributed by atoms with E-state index in [2.05, 4.69) is 10.5 Å². The van der Waals surface area contributed by atoms with Crippen LogP contribution in [-0.2, 0) is 4.84 Å². The van der Waals surface area contributed by atoms with E-state index in [1.807, 2.05) is 6.92 Å². The van der Waals surface area contributed by atoms with Crippen molar-refractivity contribution in [2.24, 2.45) is 0 Å². The van der Waals surface area contributed by atoms with E-state index in [0.717, 1.165) is 18.4 Å². The van der Waals surface area contributed by atoms with Crippen molar-refractivity contribution in [2.45, 2.75) is 38.7 Å². The summed E-state index contributed by atoms with van der Waals surface area (Å²) in [5.74, 6) is -0.219. The molecule has 0 aliphatic heterocycles. The quantitative estimate of drug-likeness (QED) is 0.792. The third-order valence-corrected chi connectivity index (χ3v) is 2.76. The molecule has 0 saturated heterocycles. The third-order valence-electron chi connectivity index (χ3n) is 2.76. The Hall–Kier alpha value is -1.42. The van der Waals surface area contributed by atoms with Crippen molar-refractivity contribution in [1.82, 2.24) is 10.5 Å². The molecule has 4 nitrogen and oxygen atoms in total. The van der Waals surface area contributed by atoms with E-state index in [-0.39, 0.29) is 12.0 Å². The summed E-state index contributed by atoms with van der Waals surface area (Å²) in [5.41, 5.74) is 4.00. The highest BCUT2D eigenvalue weighted by Gasteiger charge is 2.17. The molecule has 0 aromatic carbocycles. The number of pyridine rings is 1. The molecule has 0 unspecified atom stereocenters. The van der Waals surface area contributed by atoms with Gasteiger partial charge in [-0.25, -0.2) is 5.48 Å². The first-order valence-electron chi connectivity index (χ1n) is 5.63. The van der Waals surface area contributed by atoms with Crippen molar-refractivity contribution in [2.75, 3.05) is 0 Å². The smallest absolute Gasteiger partial charge is 0.270 e. The van der Waals surface area contributed by atoms with Gasteiger partial charge in [0, 0.05) is 12.4 Å². The van der Waals surface area contributed by atoms with Crippen LogP contribution in [0.1, 0.15) is 41.6 Å². The highest BCUT2D eigenvalue weighted by molar-refractivity contribution is 5.93. The number of amides is 1. The largest absolute Gasteiger partial charge is 0.276 e. The number of hydrogen-bond donors (Lipinski definition) is 1. The van der Waals surface area contributed by atoms with Gasteiger partial charge in [-0.15, -0.1) is 0 Å². The van der Waals surface area contributed by atoms with E-state index in [4.69, 9.17) is 4.84 Å². The molecular formula is C12H16N2O2. The number of rotatable bonds is 3. The van der Waals surface area contributed by atoms with Gasteiger partial charge in [0.15, 0.2) is 0 Å². The number of carbonyl (C=O) groups is 1. The summed E-state index contributed by atoms with van der Waals surface area (Å²) in [5, 5.41) is 0. The van der Waals surface area contributed by atoms with Gasteiger partial charge < -0.3 is 0 Å². The summed E-state index contributed by atoms with van der Waals surface area (Å²) in [6.07, 6.45) is 7.88. The lowest BCUT2D eigenvalue weighted by molar-refractivity contribution is -0.0125. The van der Waals surface area contributed by atoms with Crippen molar-refractivity contribution in [3.8, 4) is 0 Å². The summed E-state index contributed by atoms with van der Waals surface area (Å²) in [6, 6.07) is 1.79. The lowest BCUT2D eigenvalue weighted by Gasteiger charge is -2.11. The van der Waals surface area contributed by atoms with E-state index < -0.39 is 0 Å². The van der Waals surface area contributed by atoms with Gasteiger partial charge >= 0.3 is 0 Å². The molecule has 2 rings (SSSR count). The first-order chi connectivity index (χ1) is 7.75. The minimum absolute atomic E-state index is 0.182. The maximum absolute atomic E-state index is 11.7. The molecule has 0 bridgehead atoms. The Morgan fingerprint density at radius 1 is 1.44 bits per heavy atom. The maximum Gasteiger partial charge on any atom is 0.276 e. The summed E-state index contributed by atoms with van der Waals surface area (Å²) in [4.78, 5) is 21.0. The monoisotopic (exact) mass is 220 g/mol. The fourth-order valence-electron chi connectivity index (χ4n) is 1.88. The lowest BCUT2D eigenvalue weighted by Crippen LogP contribution is -2.28. The molecule has 1 amide bonds. The van der Waals surface area contributed by atoms with Gasteiger partial charge in [0.05, 0.1) is 11.7 Å². The van der Waals surface area contributed by atoms with Crippen LogP contribution in [0.5, 0.6) is 0 Å². The number of aromatic nitrogens is 1. The molecule has 0 atom stereocenters. The second-order valence-electron chi connectivity index (χ2n) is 4.21. The fraction of sp³-hybridized carbons (Fsp3) is 0.500. The Balaban J connectivity index is 1.87. The molecule has 1 fully saturated rings. The molecule has 1 aromatic rings. The first kappa shape index (κ1) is 11.1. The molecule has 1 saturated carbocycles. The molecule has 0 radical (unpaired) electrons. The van der Waals surface area contributed by atoms with Crippen molar-refractivity contribution >= 4 is 5.91 Å². The number of nitrogens with zero attached hydrogens (tertiary/aromatic N) is 1. The lowest BCUT2D eigenvalue weighted by atomic mass is 10.2. The fourth-order valence-corrected chi connectivity index (χ4v) is 1.88. The zero-order valence-corrected chi connectivity index (χ0v) is 9.40. The number of hydrogen-bond acceptors (Lipinski definition) is 3. The molecule has 0 spiro atoms. The maximum atomic E-state index is 11.7. The van der Waals surface area contributed by atoms with Crippen LogP contribution in [0.15, 0.2) is 18.5 Å². The predicted molar refractivity (Wildman–Crippen MR) is 59.8 cm³/mol. The molecule has 1 heterocycles. The van der Waals surface area contributed by atoms with E-state index in [1.165, 1.54) is 12.8 Å². The first-order valence-corrected chi connectivity index (χ1v) is 5.63. The van der Waals surface area contributed by atoms with Gasteiger partial charge in [0.2, 0.25) is 0 Å². The van der Waals surface area contributed by atoms with Crippen LogP contribution in [-0.4, -0.2) is 17.0 Å². The molecule has 1 aliphatic rings. The van der Waals surface area contributed by atoms with Gasteiger partial charge in [-0.1, -0.05) is 12.8 Å². The Morgan fingerprint density at radius 2 is 2.19 bits per heavy atom. The highest BCUT2D eigenvalue weighted by Crippen LogP contribution is 2.19. The van der Waals surface area contributed by atoms with Crippen LogP contribution >= 0.6 is 0 Å². The van der Waals surface area contributed by atoms with Crippen molar-refractivity contribution in [3.63, 3.8) is 0 Å². The van der Waals surface area contributed by atoms with E-state index >= 15 is 0 Å². The van der Waals surface area contributed by atoms with Crippen molar-refractivity contribution in [1.29, 1.82) is 0 Å². The number of aryl methyl sites for hydroxylation is 1. The molecule has 16 heavy (non-hydrogen) atoms. The topological polar surface area (TPSA) is 51.2 Å². The van der Waals surface area contributed by atoms with Crippen LogP contribution in [0.3, 0.4) is 0 Å². The molecule has 1 aliphatic carbocycles. The van der Waals surface area contributed by atoms with Crippen LogP contribution in [0.4, 0.5) is 0 Å². The average Bonchev–Trinajstić information content (AvgIpc) is 2.78. The summed E-state index contributed by atoms with van der Waals surface area (Å²) in [6.45, 7) is 1.90. The van der Waals surface area contributed by atoms with Crippen molar-refractivity contribution in [3.05, 3.63) is 29.6 Å². The zero-order valence-electron chi connectivity index (χ0n) is 9.40. The standard InChI is InChI=1S/C12H16N2O2/c1-9-6-10(8-13-7-9)12(15)14-16-11-4-2-3-5-11/h6-8,11H,2-5H2,1H3,(H,14,15). The number of carbonyl (C=O) groups excluding carboxylic acids is 1. The Bertz CT molecular complexity index is 373. The average molecular weight is 220 g/mol. The van der Waals surface area contributed by atoms with Gasteiger partial charge in [0.1, 0.15) is 0 Å². The minimum Gasteiger partial charge on any atom is -0.270 e. The summed E-state index contributed by atoms with van der Waals surface area (Å²) in [7, 11) is 0. The Morgan fingerprint density at radius 3 is 2.88 bits per heavy atom. The molecule has 1 aromatic heterocycles. The van der Waals surface area contributed by atoms with Crippen LogP contribution < -0.4 is 5.48 Å².